The molecule has 4 heteroatoms. The molecule has 1 fully saturated rings. The van der Waals surface area contributed by atoms with E-state index in [-0.39, 0.29) is 11.6 Å². The molecule has 1 atom stereocenters. The summed E-state index contributed by atoms with van der Waals surface area (Å²) in [5.74, 6) is -1.50. The van der Waals surface area contributed by atoms with E-state index in [1.807, 2.05) is 0 Å². The van der Waals surface area contributed by atoms with Crippen molar-refractivity contribution in [2.24, 2.45) is 0 Å². The number of ether oxygens (including phenoxy) is 1. The van der Waals surface area contributed by atoms with Crippen LogP contribution in [0.25, 0.3) is 0 Å². The van der Waals surface area contributed by atoms with E-state index in [9.17, 15) is 8.78 Å². The van der Waals surface area contributed by atoms with Crippen molar-refractivity contribution in [2.45, 2.75) is 44.2 Å². The van der Waals surface area contributed by atoms with Crippen molar-refractivity contribution in [2.75, 3.05) is 14.2 Å². The van der Waals surface area contributed by atoms with Crippen LogP contribution in [-0.4, -0.2) is 19.8 Å². The maximum atomic E-state index is 14.0. The van der Waals surface area contributed by atoms with E-state index < -0.39 is 11.6 Å². The van der Waals surface area contributed by atoms with Crippen molar-refractivity contribution in [3.63, 3.8) is 0 Å². The van der Waals surface area contributed by atoms with Crippen LogP contribution in [0.5, 0.6) is 0 Å². The zero-order valence-electron chi connectivity index (χ0n) is 11.7. The molecule has 1 aliphatic carbocycles. The smallest absolute Gasteiger partial charge is 0.163 e. The van der Waals surface area contributed by atoms with Crippen molar-refractivity contribution >= 4 is 0 Å². The van der Waals surface area contributed by atoms with Crippen molar-refractivity contribution in [3.05, 3.63) is 34.9 Å². The first-order chi connectivity index (χ1) is 9.03. The van der Waals surface area contributed by atoms with Gasteiger partial charge in [0.15, 0.2) is 11.6 Å². The fraction of sp³-hybridized carbons (Fsp3) is 0.600. The second-order valence-corrected chi connectivity index (χ2v) is 5.39. The van der Waals surface area contributed by atoms with Crippen LogP contribution in [0.3, 0.4) is 0 Å². The lowest BCUT2D eigenvalue weighted by molar-refractivity contribution is -0.0836. The third kappa shape index (κ3) is 2.65. The van der Waals surface area contributed by atoms with Gasteiger partial charge in [-0.05, 0) is 45.2 Å². The zero-order chi connectivity index (χ0) is 14.0. The Labute approximate surface area is 113 Å². The molecule has 1 aliphatic rings. The minimum Gasteiger partial charge on any atom is -0.378 e. The average Bonchev–Trinajstić information content (AvgIpc) is 2.37. The lowest BCUT2D eigenvalue weighted by atomic mass is 9.74. The van der Waals surface area contributed by atoms with Crippen LogP contribution in [0, 0.1) is 18.6 Å². The average molecular weight is 269 g/mol. The van der Waals surface area contributed by atoms with Gasteiger partial charge >= 0.3 is 0 Å². The predicted molar refractivity (Wildman–Crippen MR) is 71.1 cm³/mol. The van der Waals surface area contributed by atoms with Gasteiger partial charge in [0.05, 0.1) is 5.60 Å². The van der Waals surface area contributed by atoms with E-state index in [2.05, 4.69) is 5.32 Å². The molecule has 19 heavy (non-hydrogen) atoms. The molecule has 0 amide bonds. The highest BCUT2D eigenvalue weighted by molar-refractivity contribution is 5.28. The number of nitrogens with one attached hydrogen (secondary N) is 1. The van der Waals surface area contributed by atoms with E-state index in [1.165, 1.54) is 0 Å². The molecule has 0 bridgehead atoms. The number of halogens is 2. The third-order valence-corrected chi connectivity index (χ3v) is 4.30. The summed E-state index contributed by atoms with van der Waals surface area (Å²) in [6, 6.07) is 3.06. The van der Waals surface area contributed by atoms with Gasteiger partial charge in [0.25, 0.3) is 0 Å². The largest absolute Gasteiger partial charge is 0.378 e. The van der Waals surface area contributed by atoms with E-state index in [0.29, 0.717) is 17.5 Å². The summed E-state index contributed by atoms with van der Waals surface area (Å²) in [6.45, 7) is 1.57. The molecule has 0 spiro atoms. The molecule has 0 aliphatic heterocycles. The fourth-order valence-corrected chi connectivity index (χ4v) is 2.73. The van der Waals surface area contributed by atoms with Gasteiger partial charge in [0.2, 0.25) is 0 Å². The second kappa shape index (κ2) is 5.55. The molecule has 1 saturated carbocycles. The van der Waals surface area contributed by atoms with Gasteiger partial charge in [0.1, 0.15) is 0 Å². The summed E-state index contributed by atoms with van der Waals surface area (Å²) in [7, 11) is 3.46. The second-order valence-electron chi connectivity index (χ2n) is 5.39. The first-order valence-electron chi connectivity index (χ1n) is 6.70. The molecule has 1 aromatic carbocycles. The number of hydrogen-bond donors (Lipinski definition) is 1. The number of hydrogen-bond acceptors (Lipinski definition) is 2. The molecule has 1 N–H and O–H groups in total. The van der Waals surface area contributed by atoms with Gasteiger partial charge < -0.3 is 10.1 Å². The minimum absolute atomic E-state index is 0.179. The zero-order valence-corrected chi connectivity index (χ0v) is 11.7. The van der Waals surface area contributed by atoms with Crippen LogP contribution in [0.1, 0.15) is 42.9 Å². The summed E-state index contributed by atoms with van der Waals surface area (Å²) in [5, 5.41) is 3.08. The molecular weight excluding hydrogens is 248 g/mol. The maximum Gasteiger partial charge on any atom is 0.163 e. The molecule has 0 radical (unpaired) electrons. The van der Waals surface area contributed by atoms with Crippen LogP contribution >= 0.6 is 0 Å². The van der Waals surface area contributed by atoms with Gasteiger partial charge in [-0.25, -0.2) is 8.78 Å². The Bertz CT molecular complexity index is 452. The molecular formula is C15H21F2NO. The molecule has 2 nitrogen and oxygen atoms in total. The first-order valence-corrected chi connectivity index (χ1v) is 6.70. The molecule has 106 valence electrons. The standard InChI is InChI=1S/C15H21F2NO/c1-10-5-6-11(14(17)13(10)16)12(18-2)9-15(19-3)7-4-8-15/h5-6,12,18H,4,7-9H2,1-3H3. The van der Waals surface area contributed by atoms with Gasteiger partial charge in [-0.1, -0.05) is 12.1 Å². The number of methoxy groups -OCH3 is 1. The molecule has 1 unspecified atom stereocenters. The van der Waals surface area contributed by atoms with Gasteiger partial charge in [-0.3, -0.25) is 0 Å². The Morgan fingerprint density at radius 2 is 2.00 bits per heavy atom. The quantitative estimate of drug-likeness (QED) is 0.883. The molecule has 0 heterocycles. The first kappa shape index (κ1) is 14.4. The molecule has 0 saturated heterocycles. The lowest BCUT2D eigenvalue weighted by Crippen LogP contribution is -2.42. The summed E-state index contributed by atoms with van der Waals surface area (Å²) >= 11 is 0. The Morgan fingerprint density at radius 1 is 1.32 bits per heavy atom. The van der Waals surface area contributed by atoms with E-state index >= 15 is 0 Å². The van der Waals surface area contributed by atoms with Crippen LogP contribution in [-0.2, 0) is 4.74 Å². The van der Waals surface area contributed by atoms with Crippen molar-refractivity contribution in [1.82, 2.24) is 5.32 Å². The highest BCUT2D eigenvalue weighted by atomic mass is 19.2. The van der Waals surface area contributed by atoms with Gasteiger partial charge in [0, 0.05) is 18.7 Å². The van der Waals surface area contributed by atoms with E-state index in [0.717, 1.165) is 19.3 Å². The normalized spacial score (nSPS) is 19.0. The van der Waals surface area contributed by atoms with Crippen LogP contribution in [0.2, 0.25) is 0 Å². The lowest BCUT2D eigenvalue weighted by Gasteiger charge is -2.43. The monoisotopic (exact) mass is 269 g/mol. The Hall–Kier alpha value is -1.00. The minimum atomic E-state index is -0.752. The Kier molecular flexibility index (Phi) is 4.21. The summed E-state index contributed by atoms with van der Waals surface area (Å²) < 4.78 is 33.3. The SMILES string of the molecule is CNC(CC1(OC)CCC1)c1ccc(C)c(F)c1F. The number of rotatable bonds is 5. The molecule has 0 aromatic heterocycles. The van der Waals surface area contributed by atoms with E-state index in [4.69, 9.17) is 4.74 Å². The predicted octanol–water partition coefficient (Wildman–Crippen LogP) is 3.49. The summed E-state index contributed by atoms with van der Waals surface area (Å²) in [5.41, 5.74) is 0.539. The molecule has 2 rings (SSSR count). The van der Waals surface area contributed by atoms with E-state index in [1.54, 1.807) is 33.2 Å². The Morgan fingerprint density at radius 3 is 2.47 bits per heavy atom. The highest BCUT2D eigenvalue weighted by Crippen LogP contribution is 2.42. The number of aryl methyl sites for hydroxylation is 1. The fourth-order valence-electron chi connectivity index (χ4n) is 2.73. The van der Waals surface area contributed by atoms with Crippen molar-refractivity contribution in [1.29, 1.82) is 0 Å². The maximum absolute atomic E-state index is 14.0. The molecule has 1 aromatic rings. The van der Waals surface area contributed by atoms with Crippen molar-refractivity contribution in [3.8, 4) is 0 Å². The summed E-state index contributed by atoms with van der Waals surface area (Å²) in [4.78, 5) is 0. The van der Waals surface area contributed by atoms with Crippen LogP contribution < -0.4 is 5.32 Å². The van der Waals surface area contributed by atoms with Crippen LogP contribution in [0.4, 0.5) is 8.78 Å². The van der Waals surface area contributed by atoms with Gasteiger partial charge in [-0.15, -0.1) is 0 Å². The summed E-state index contributed by atoms with van der Waals surface area (Å²) in [6.07, 6.45) is 3.77. The van der Waals surface area contributed by atoms with Gasteiger partial charge in [-0.2, -0.15) is 0 Å². The third-order valence-electron chi connectivity index (χ3n) is 4.30. The van der Waals surface area contributed by atoms with Crippen molar-refractivity contribution < 1.29 is 13.5 Å². The highest BCUT2D eigenvalue weighted by Gasteiger charge is 2.39. The topological polar surface area (TPSA) is 21.3 Å². The van der Waals surface area contributed by atoms with Crippen LogP contribution in [0.15, 0.2) is 12.1 Å². The Balaban J connectivity index is 2.25. The number of benzene rings is 1.